The highest BCUT2D eigenvalue weighted by atomic mass is 16.1. The minimum Gasteiger partial charge on any atom is -0.349 e. The van der Waals surface area contributed by atoms with Gasteiger partial charge in [-0.2, -0.15) is 10.1 Å². The van der Waals surface area contributed by atoms with Gasteiger partial charge in [-0.15, -0.1) is 0 Å². The minimum atomic E-state index is -0.156. The molecule has 0 radical (unpaired) electrons. The van der Waals surface area contributed by atoms with E-state index < -0.39 is 0 Å². The molecule has 0 aliphatic heterocycles. The number of benzene rings is 1. The number of rotatable bonds is 4. The van der Waals surface area contributed by atoms with Crippen LogP contribution in [0.3, 0.4) is 0 Å². The predicted octanol–water partition coefficient (Wildman–Crippen LogP) is 3.39. The van der Waals surface area contributed by atoms with Gasteiger partial charge in [0.25, 0.3) is 5.56 Å². The highest BCUT2D eigenvalue weighted by molar-refractivity contribution is 5.74. The van der Waals surface area contributed by atoms with Crippen LogP contribution in [0.5, 0.6) is 0 Å². The molecule has 2 aromatic heterocycles. The van der Waals surface area contributed by atoms with Crippen molar-refractivity contribution in [1.82, 2.24) is 19.7 Å². The molecule has 4 rings (SSSR count). The molecular weight excluding hydrogens is 314 g/mol. The van der Waals surface area contributed by atoms with Crippen molar-refractivity contribution in [3.63, 3.8) is 0 Å². The minimum absolute atomic E-state index is 0.148. The molecule has 0 spiro atoms. The number of hydrogen-bond donors (Lipinski definition) is 2. The van der Waals surface area contributed by atoms with Crippen LogP contribution in [0.15, 0.2) is 41.3 Å². The highest BCUT2D eigenvalue weighted by Gasteiger charge is 2.26. The van der Waals surface area contributed by atoms with E-state index in [9.17, 15) is 4.79 Å². The molecular formula is C19H23N5O. The molecule has 0 saturated heterocycles. The standard InChI is InChI=1S/C19H23N5O/c1-24-17-15(12-20-24)18(25)23-19(22-17)21-16(13-8-4-2-5-9-13)14-10-6-3-7-11-14/h2,4-5,8-9,12,14,16H,3,6-7,10-11H2,1H3,(H2,21,22,23,25). The van der Waals surface area contributed by atoms with Crippen LogP contribution in [0.2, 0.25) is 0 Å². The lowest BCUT2D eigenvalue weighted by atomic mass is 9.81. The second kappa shape index (κ2) is 6.70. The second-order valence-corrected chi connectivity index (χ2v) is 6.85. The SMILES string of the molecule is Cn1ncc2c(=O)[nH]c(NC(c3ccccc3)C3CCCCC3)nc21. The van der Waals surface area contributed by atoms with Crippen molar-refractivity contribution in [3.05, 3.63) is 52.4 Å². The molecule has 0 amide bonds. The smallest absolute Gasteiger partial charge is 0.263 e. The van der Waals surface area contributed by atoms with E-state index >= 15 is 0 Å². The lowest BCUT2D eigenvalue weighted by Gasteiger charge is -2.31. The summed E-state index contributed by atoms with van der Waals surface area (Å²) in [4.78, 5) is 19.8. The molecule has 2 N–H and O–H groups in total. The molecule has 6 heteroatoms. The van der Waals surface area contributed by atoms with Gasteiger partial charge in [0.1, 0.15) is 5.39 Å². The lowest BCUT2D eigenvalue weighted by molar-refractivity contribution is 0.320. The third kappa shape index (κ3) is 3.16. The van der Waals surface area contributed by atoms with Crippen LogP contribution < -0.4 is 10.9 Å². The van der Waals surface area contributed by atoms with Crippen LogP contribution in [0.25, 0.3) is 11.0 Å². The number of nitrogens with one attached hydrogen (secondary N) is 2. The summed E-state index contributed by atoms with van der Waals surface area (Å²) in [6.45, 7) is 0. The molecule has 1 aliphatic rings. The van der Waals surface area contributed by atoms with Gasteiger partial charge in [-0.3, -0.25) is 14.5 Å². The van der Waals surface area contributed by atoms with E-state index in [1.807, 2.05) is 6.07 Å². The van der Waals surface area contributed by atoms with Gasteiger partial charge >= 0.3 is 0 Å². The number of nitrogens with zero attached hydrogens (tertiary/aromatic N) is 3. The van der Waals surface area contributed by atoms with E-state index in [4.69, 9.17) is 0 Å². The maximum Gasteiger partial charge on any atom is 0.263 e. The van der Waals surface area contributed by atoms with Gasteiger partial charge in [0.05, 0.1) is 12.2 Å². The fourth-order valence-corrected chi connectivity index (χ4v) is 3.85. The molecule has 25 heavy (non-hydrogen) atoms. The van der Waals surface area contributed by atoms with Crippen molar-refractivity contribution in [3.8, 4) is 0 Å². The van der Waals surface area contributed by atoms with Crippen LogP contribution >= 0.6 is 0 Å². The van der Waals surface area contributed by atoms with Crippen molar-refractivity contribution in [1.29, 1.82) is 0 Å². The van der Waals surface area contributed by atoms with Crippen LogP contribution in [0, 0.1) is 5.92 Å². The summed E-state index contributed by atoms with van der Waals surface area (Å²) < 4.78 is 1.63. The number of hydrogen-bond acceptors (Lipinski definition) is 4. The monoisotopic (exact) mass is 337 g/mol. The highest BCUT2D eigenvalue weighted by Crippen LogP contribution is 2.36. The Morgan fingerprint density at radius 3 is 2.72 bits per heavy atom. The molecule has 1 fully saturated rings. The van der Waals surface area contributed by atoms with E-state index in [1.54, 1.807) is 17.9 Å². The number of anilines is 1. The first-order chi connectivity index (χ1) is 12.2. The van der Waals surface area contributed by atoms with Gasteiger partial charge in [-0.25, -0.2) is 0 Å². The van der Waals surface area contributed by atoms with Crippen molar-refractivity contribution in [2.24, 2.45) is 13.0 Å². The molecule has 1 unspecified atom stereocenters. The van der Waals surface area contributed by atoms with Gasteiger partial charge in [0.15, 0.2) is 5.65 Å². The Morgan fingerprint density at radius 1 is 1.20 bits per heavy atom. The van der Waals surface area contributed by atoms with Crippen molar-refractivity contribution in [2.45, 2.75) is 38.1 Å². The van der Waals surface area contributed by atoms with Gasteiger partial charge in [-0.1, -0.05) is 49.6 Å². The molecule has 0 bridgehead atoms. The number of aromatic amines is 1. The van der Waals surface area contributed by atoms with E-state index in [-0.39, 0.29) is 11.6 Å². The summed E-state index contributed by atoms with van der Waals surface area (Å²) in [6, 6.07) is 10.6. The summed E-state index contributed by atoms with van der Waals surface area (Å²) in [5, 5.41) is 8.15. The van der Waals surface area contributed by atoms with Crippen LogP contribution in [0.4, 0.5) is 5.95 Å². The van der Waals surface area contributed by atoms with Crippen LogP contribution in [0.1, 0.15) is 43.7 Å². The Hall–Kier alpha value is -2.63. The Labute approximate surface area is 146 Å². The van der Waals surface area contributed by atoms with Gasteiger partial charge < -0.3 is 5.32 Å². The number of fused-ring (bicyclic) bond motifs is 1. The zero-order chi connectivity index (χ0) is 17.2. The summed E-state index contributed by atoms with van der Waals surface area (Å²) in [6.07, 6.45) is 7.80. The van der Waals surface area contributed by atoms with E-state index in [0.29, 0.717) is 22.9 Å². The number of H-pyrrole nitrogens is 1. The van der Waals surface area contributed by atoms with Crippen LogP contribution in [-0.4, -0.2) is 19.7 Å². The van der Waals surface area contributed by atoms with Gasteiger partial charge in [0.2, 0.25) is 5.95 Å². The Kier molecular flexibility index (Phi) is 4.26. The molecule has 130 valence electrons. The van der Waals surface area contributed by atoms with E-state index in [1.165, 1.54) is 37.7 Å². The molecule has 6 nitrogen and oxygen atoms in total. The zero-order valence-electron chi connectivity index (χ0n) is 14.4. The van der Waals surface area contributed by atoms with Crippen molar-refractivity contribution >= 4 is 17.0 Å². The van der Waals surface area contributed by atoms with Crippen molar-refractivity contribution < 1.29 is 0 Å². The molecule has 2 heterocycles. The predicted molar refractivity (Wildman–Crippen MR) is 98.5 cm³/mol. The quantitative estimate of drug-likeness (QED) is 0.765. The Bertz CT molecular complexity index is 908. The topological polar surface area (TPSA) is 75.6 Å². The normalized spacial score (nSPS) is 16.8. The van der Waals surface area contributed by atoms with E-state index in [2.05, 4.69) is 44.6 Å². The fraction of sp³-hybridized carbons (Fsp3) is 0.421. The lowest BCUT2D eigenvalue weighted by Crippen LogP contribution is -2.25. The van der Waals surface area contributed by atoms with E-state index in [0.717, 1.165) is 0 Å². The third-order valence-corrected chi connectivity index (χ3v) is 5.17. The summed E-state index contributed by atoms with van der Waals surface area (Å²) >= 11 is 0. The van der Waals surface area contributed by atoms with Crippen molar-refractivity contribution in [2.75, 3.05) is 5.32 Å². The van der Waals surface area contributed by atoms with Crippen LogP contribution in [-0.2, 0) is 7.05 Å². The van der Waals surface area contributed by atoms with Gasteiger partial charge in [0, 0.05) is 7.05 Å². The summed E-state index contributed by atoms with van der Waals surface area (Å²) in [5.74, 6) is 1.06. The summed E-state index contributed by atoms with van der Waals surface area (Å²) in [7, 11) is 1.80. The first kappa shape index (κ1) is 15.9. The second-order valence-electron chi connectivity index (χ2n) is 6.85. The zero-order valence-corrected chi connectivity index (χ0v) is 14.4. The molecule has 1 aliphatic carbocycles. The molecule has 1 aromatic carbocycles. The molecule has 1 saturated carbocycles. The average molecular weight is 337 g/mol. The Balaban J connectivity index is 1.70. The summed E-state index contributed by atoms with van der Waals surface area (Å²) in [5.41, 5.74) is 1.68. The average Bonchev–Trinajstić information content (AvgIpc) is 3.03. The maximum absolute atomic E-state index is 12.3. The van der Waals surface area contributed by atoms with Gasteiger partial charge in [-0.05, 0) is 24.3 Å². The first-order valence-electron chi connectivity index (χ1n) is 8.96. The number of aryl methyl sites for hydroxylation is 1. The molecule has 1 atom stereocenters. The largest absolute Gasteiger partial charge is 0.349 e. The fourth-order valence-electron chi connectivity index (χ4n) is 3.85. The number of aromatic nitrogens is 4. The first-order valence-corrected chi connectivity index (χ1v) is 8.96. The maximum atomic E-state index is 12.3. The molecule has 3 aromatic rings. The Morgan fingerprint density at radius 2 is 1.96 bits per heavy atom. The third-order valence-electron chi connectivity index (χ3n) is 5.17.